The molecule has 7 nitrogen and oxygen atoms in total. The van der Waals surface area contributed by atoms with Crippen LogP contribution in [0, 0.1) is 6.92 Å². The molecule has 0 saturated carbocycles. The Hall–Kier alpha value is -2.54. The van der Waals surface area contributed by atoms with Crippen molar-refractivity contribution in [2.24, 2.45) is 0 Å². The van der Waals surface area contributed by atoms with E-state index in [1.165, 1.54) is 6.33 Å². The van der Waals surface area contributed by atoms with Crippen LogP contribution >= 0.6 is 11.6 Å². The SMILES string of the molecule is Cc1cc(C2CN(C(=O)OC(C)(C)C)C2)cc2c1OCc1c(Cl)ncnc1N2. The summed E-state index contributed by atoms with van der Waals surface area (Å²) in [6.45, 7) is 9.21. The molecule has 1 amide bonds. The number of hydrogen-bond donors (Lipinski definition) is 1. The lowest BCUT2D eigenvalue weighted by Gasteiger charge is -2.40. The highest BCUT2D eigenvalue weighted by Gasteiger charge is 2.35. The van der Waals surface area contributed by atoms with E-state index in [4.69, 9.17) is 21.1 Å². The number of halogens is 1. The Morgan fingerprint density at radius 3 is 2.79 bits per heavy atom. The van der Waals surface area contributed by atoms with E-state index in [1.54, 1.807) is 4.90 Å². The maximum atomic E-state index is 12.2. The molecular formula is C20H23ClN4O3. The van der Waals surface area contributed by atoms with Gasteiger partial charge in [0.2, 0.25) is 0 Å². The molecule has 2 aliphatic heterocycles. The van der Waals surface area contributed by atoms with Gasteiger partial charge < -0.3 is 19.7 Å². The molecule has 0 spiro atoms. The smallest absolute Gasteiger partial charge is 0.410 e. The Balaban J connectivity index is 1.53. The van der Waals surface area contributed by atoms with Crippen LogP contribution in [0.1, 0.15) is 43.4 Å². The van der Waals surface area contributed by atoms with Crippen LogP contribution in [0.15, 0.2) is 18.5 Å². The molecule has 1 saturated heterocycles. The summed E-state index contributed by atoms with van der Waals surface area (Å²) in [4.78, 5) is 22.2. The number of aromatic nitrogens is 2. The van der Waals surface area contributed by atoms with Gasteiger partial charge in [-0.3, -0.25) is 0 Å². The summed E-state index contributed by atoms with van der Waals surface area (Å²) in [6.07, 6.45) is 1.16. The number of rotatable bonds is 1. The van der Waals surface area contributed by atoms with Crippen LogP contribution in [-0.4, -0.2) is 39.7 Å². The van der Waals surface area contributed by atoms with E-state index in [0.717, 1.165) is 28.1 Å². The molecule has 2 aliphatic rings. The molecule has 4 rings (SSSR count). The fraction of sp³-hybridized carbons (Fsp3) is 0.450. The van der Waals surface area contributed by atoms with E-state index in [9.17, 15) is 4.79 Å². The molecule has 1 fully saturated rings. The van der Waals surface area contributed by atoms with E-state index in [0.29, 0.717) is 30.7 Å². The molecule has 2 aromatic rings. The highest BCUT2D eigenvalue weighted by molar-refractivity contribution is 6.30. The van der Waals surface area contributed by atoms with Crippen molar-refractivity contribution in [1.82, 2.24) is 14.9 Å². The number of anilines is 2. The number of carbonyl (C=O) groups is 1. The molecule has 0 aliphatic carbocycles. The molecule has 1 aromatic carbocycles. The average Bonchev–Trinajstić information content (AvgIpc) is 2.72. The number of fused-ring (bicyclic) bond motifs is 2. The normalized spacial score (nSPS) is 16.1. The first-order valence-corrected chi connectivity index (χ1v) is 9.61. The molecule has 1 N–H and O–H groups in total. The number of carbonyl (C=O) groups excluding carboxylic acids is 1. The highest BCUT2D eigenvalue weighted by Crippen LogP contribution is 2.40. The number of likely N-dealkylation sites (tertiary alicyclic amines) is 1. The summed E-state index contributed by atoms with van der Waals surface area (Å²) in [5.74, 6) is 1.69. The molecule has 1 aromatic heterocycles. The summed E-state index contributed by atoms with van der Waals surface area (Å²) in [7, 11) is 0. The minimum Gasteiger partial charge on any atom is -0.486 e. The molecule has 3 heterocycles. The Morgan fingerprint density at radius 2 is 2.07 bits per heavy atom. The van der Waals surface area contributed by atoms with Crippen molar-refractivity contribution in [3.63, 3.8) is 0 Å². The Labute approximate surface area is 169 Å². The van der Waals surface area contributed by atoms with Crippen molar-refractivity contribution < 1.29 is 14.3 Å². The molecule has 148 valence electrons. The van der Waals surface area contributed by atoms with Crippen LogP contribution in [0.3, 0.4) is 0 Å². The quantitative estimate of drug-likeness (QED) is 0.712. The predicted molar refractivity (Wildman–Crippen MR) is 106 cm³/mol. The number of benzene rings is 1. The minimum absolute atomic E-state index is 0.259. The standard InChI is InChI=1S/C20H23ClN4O3/c1-11-5-12(13-7-25(8-13)19(26)28-20(2,3)4)6-15-16(11)27-9-14-17(21)22-10-23-18(14)24-15/h5-6,10,13H,7-9H2,1-4H3,(H,22,23,24). The van der Waals surface area contributed by atoms with Crippen LogP contribution in [-0.2, 0) is 11.3 Å². The van der Waals surface area contributed by atoms with Crippen molar-refractivity contribution in [2.75, 3.05) is 18.4 Å². The number of nitrogens with zero attached hydrogens (tertiary/aromatic N) is 3. The van der Waals surface area contributed by atoms with E-state index < -0.39 is 5.60 Å². The van der Waals surface area contributed by atoms with Crippen LogP contribution in [0.4, 0.5) is 16.3 Å². The third-order valence-electron chi connectivity index (χ3n) is 4.81. The van der Waals surface area contributed by atoms with Gasteiger partial charge in [-0.1, -0.05) is 17.7 Å². The number of nitrogens with one attached hydrogen (secondary N) is 1. The predicted octanol–water partition coefficient (Wildman–Crippen LogP) is 4.41. The topological polar surface area (TPSA) is 76.6 Å². The lowest BCUT2D eigenvalue weighted by molar-refractivity contribution is 0.00819. The molecule has 8 heteroatoms. The van der Waals surface area contributed by atoms with E-state index >= 15 is 0 Å². The Bertz CT molecular complexity index is 936. The second-order valence-corrected chi connectivity index (χ2v) is 8.56. The van der Waals surface area contributed by atoms with Gasteiger partial charge in [0.05, 0.1) is 11.3 Å². The lowest BCUT2D eigenvalue weighted by Crippen LogP contribution is -2.50. The molecule has 28 heavy (non-hydrogen) atoms. The van der Waals surface area contributed by atoms with Gasteiger partial charge in [0.15, 0.2) is 0 Å². The third-order valence-corrected chi connectivity index (χ3v) is 5.13. The summed E-state index contributed by atoms with van der Waals surface area (Å²) < 4.78 is 11.4. The lowest BCUT2D eigenvalue weighted by atomic mass is 9.90. The second kappa shape index (κ2) is 6.81. The fourth-order valence-corrected chi connectivity index (χ4v) is 3.57. The van der Waals surface area contributed by atoms with Gasteiger partial charge in [-0.25, -0.2) is 14.8 Å². The summed E-state index contributed by atoms with van der Waals surface area (Å²) in [5, 5.41) is 3.71. The van der Waals surface area contributed by atoms with Gasteiger partial charge in [-0.05, 0) is 44.9 Å². The van der Waals surface area contributed by atoms with Crippen molar-refractivity contribution in [3.8, 4) is 5.75 Å². The minimum atomic E-state index is -0.486. The van der Waals surface area contributed by atoms with Gasteiger partial charge in [0, 0.05) is 19.0 Å². The van der Waals surface area contributed by atoms with Gasteiger partial charge in [0.25, 0.3) is 0 Å². The molecule has 0 bridgehead atoms. The number of aryl methyl sites for hydroxylation is 1. The summed E-state index contributed by atoms with van der Waals surface area (Å²) in [5.41, 5.74) is 3.27. The van der Waals surface area contributed by atoms with Gasteiger partial charge >= 0.3 is 6.09 Å². The maximum absolute atomic E-state index is 12.2. The first-order chi connectivity index (χ1) is 13.2. The summed E-state index contributed by atoms with van der Waals surface area (Å²) >= 11 is 6.18. The largest absolute Gasteiger partial charge is 0.486 e. The van der Waals surface area contributed by atoms with Crippen molar-refractivity contribution in [3.05, 3.63) is 40.3 Å². The van der Waals surface area contributed by atoms with E-state index in [1.807, 2.05) is 27.7 Å². The van der Waals surface area contributed by atoms with Crippen molar-refractivity contribution >= 4 is 29.2 Å². The number of ether oxygens (including phenoxy) is 2. The maximum Gasteiger partial charge on any atom is 0.410 e. The zero-order valence-corrected chi connectivity index (χ0v) is 17.1. The zero-order chi connectivity index (χ0) is 20.1. The van der Waals surface area contributed by atoms with Crippen LogP contribution in [0.2, 0.25) is 5.15 Å². The van der Waals surface area contributed by atoms with Gasteiger partial charge in [0.1, 0.15) is 35.3 Å². The fourth-order valence-electron chi connectivity index (χ4n) is 3.39. The Kier molecular flexibility index (Phi) is 4.57. The molecule has 0 unspecified atom stereocenters. The average molecular weight is 403 g/mol. The molecular weight excluding hydrogens is 380 g/mol. The first kappa shape index (κ1) is 18.8. The summed E-state index contributed by atoms with van der Waals surface area (Å²) in [6, 6.07) is 4.17. The van der Waals surface area contributed by atoms with Gasteiger partial charge in [-0.2, -0.15) is 0 Å². The van der Waals surface area contributed by atoms with Crippen LogP contribution < -0.4 is 10.1 Å². The molecule has 0 radical (unpaired) electrons. The third kappa shape index (κ3) is 3.58. The van der Waals surface area contributed by atoms with Gasteiger partial charge in [-0.15, -0.1) is 0 Å². The van der Waals surface area contributed by atoms with Crippen molar-refractivity contribution in [2.45, 2.75) is 45.8 Å². The monoisotopic (exact) mass is 402 g/mol. The van der Waals surface area contributed by atoms with Crippen molar-refractivity contribution in [1.29, 1.82) is 0 Å². The molecule has 0 atom stereocenters. The van der Waals surface area contributed by atoms with Crippen LogP contribution in [0.25, 0.3) is 0 Å². The van der Waals surface area contributed by atoms with Crippen LogP contribution in [0.5, 0.6) is 5.75 Å². The first-order valence-electron chi connectivity index (χ1n) is 9.23. The number of amides is 1. The Morgan fingerprint density at radius 1 is 1.32 bits per heavy atom. The second-order valence-electron chi connectivity index (χ2n) is 8.20. The highest BCUT2D eigenvalue weighted by atomic mass is 35.5. The zero-order valence-electron chi connectivity index (χ0n) is 16.4. The number of hydrogen-bond acceptors (Lipinski definition) is 6. The van der Waals surface area contributed by atoms with E-state index in [2.05, 4.69) is 27.4 Å². The van der Waals surface area contributed by atoms with E-state index in [-0.39, 0.29) is 12.0 Å².